The molecule has 0 radical (unpaired) electrons. The molecule has 1 N–H and O–H groups in total. The summed E-state index contributed by atoms with van der Waals surface area (Å²) in [5.74, 6) is -0.827. The number of esters is 1. The zero-order chi connectivity index (χ0) is 20.2. The number of likely N-dealkylation sites (N-methyl/N-ethyl adjacent to an activating group) is 1. The lowest BCUT2D eigenvalue weighted by molar-refractivity contribution is -0.116. The van der Waals surface area contributed by atoms with Gasteiger partial charge in [-0.2, -0.15) is 4.31 Å². The minimum absolute atomic E-state index is 0.0448. The number of aryl methyl sites for hydroxylation is 2. The van der Waals surface area contributed by atoms with Crippen molar-refractivity contribution in [3.8, 4) is 0 Å². The molecule has 10 heteroatoms. The zero-order valence-electron chi connectivity index (χ0n) is 15.5. The van der Waals surface area contributed by atoms with Crippen molar-refractivity contribution in [1.29, 1.82) is 0 Å². The maximum atomic E-state index is 12.6. The first-order chi connectivity index (χ1) is 12.7. The van der Waals surface area contributed by atoms with Crippen LogP contribution < -0.4 is 5.32 Å². The van der Waals surface area contributed by atoms with Gasteiger partial charge in [-0.1, -0.05) is 5.16 Å². The Balaban J connectivity index is 2.04. The molecule has 0 atom stereocenters. The second-order valence-electron chi connectivity index (χ2n) is 5.76. The van der Waals surface area contributed by atoms with Crippen molar-refractivity contribution in [2.24, 2.45) is 0 Å². The van der Waals surface area contributed by atoms with Crippen molar-refractivity contribution < 1.29 is 27.3 Å². The molecule has 0 spiro atoms. The van der Waals surface area contributed by atoms with Gasteiger partial charge in [-0.05, 0) is 45.0 Å². The van der Waals surface area contributed by atoms with Gasteiger partial charge in [0.2, 0.25) is 15.9 Å². The van der Waals surface area contributed by atoms with Crippen molar-refractivity contribution >= 4 is 27.6 Å². The Morgan fingerprint density at radius 2 is 1.85 bits per heavy atom. The van der Waals surface area contributed by atoms with Crippen LogP contribution in [0, 0.1) is 13.8 Å². The smallest absolute Gasteiger partial charge is 0.338 e. The van der Waals surface area contributed by atoms with Crippen LogP contribution in [0.5, 0.6) is 0 Å². The van der Waals surface area contributed by atoms with Crippen molar-refractivity contribution in [2.75, 3.05) is 25.5 Å². The van der Waals surface area contributed by atoms with Crippen LogP contribution in [0.3, 0.4) is 0 Å². The summed E-state index contributed by atoms with van der Waals surface area (Å²) in [6, 6.07) is 6.09. The fraction of sp³-hybridized carbons (Fsp3) is 0.353. The first-order valence-electron chi connectivity index (χ1n) is 8.13. The van der Waals surface area contributed by atoms with E-state index in [1.54, 1.807) is 6.92 Å². The number of ether oxygens (including phenoxy) is 1. The fourth-order valence-corrected chi connectivity index (χ4v) is 3.80. The molecule has 9 nitrogen and oxygen atoms in total. The topological polar surface area (TPSA) is 119 Å². The summed E-state index contributed by atoms with van der Waals surface area (Å²) >= 11 is 0. The number of hydrogen-bond acceptors (Lipinski definition) is 7. The van der Waals surface area contributed by atoms with Gasteiger partial charge in [-0.15, -0.1) is 0 Å². The minimum atomic E-state index is -3.91. The Hall–Kier alpha value is -2.72. The van der Waals surface area contributed by atoms with Gasteiger partial charge in [0.05, 0.1) is 18.7 Å². The van der Waals surface area contributed by atoms with Gasteiger partial charge in [-0.3, -0.25) is 4.79 Å². The van der Waals surface area contributed by atoms with E-state index in [-0.39, 0.29) is 23.0 Å². The number of amides is 1. The normalized spacial score (nSPS) is 11.4. The molecule has 1 aromatic heterocycles. The molecule has 0 aliphatic rings. The molecule has 2 rings (SSSR count). The van der Waals surface area contributed by atoms with Gasteiger partial charge in [0.1, 0.15) is 10.6 Å². The van der Waals surface area contributed by atoms with Crippen LogP contribution in [0.15, 0.2) is 33.7 Å². The van der Waals surface area contributed by atoms with E-state index < -0.39 is 28.4 Å². The standard InChI is InChI=1S/C17H21N3O6S/c1-5-25-17(22)13-6-8-14(9-7-13)18-15(21)10-20(4)27(23,24)16-11(2)19-26-12(16)3/h6-9H,5,10H2,1-4H3,(H,18,21). The van der Waals surface area contributed by atoms with E-state index >= 15 is 0 Å². The van der Waals surface area contributed by atoms with Crippen molar-refractivity contribution in [1.82, 2.24) is 9.46 Å². The average Bonchev–Trinajstić information content (AvgIpc) is 2.94. The molecule has 0 aliphatic carbocycles. The number of benzene rings is 1. The van der Waals surface area contributed by atoms with Crippen molar-refractivity contribution in [3.05, 3.63) is 41.3 Å². The highest BCUT2D eigenvalue weighted by molar-refractivity contribution is 7.89. The van der Waals surface area contributed by atoms with Crippen LogP contribution in [0.1, 0.15) is 28.7 Å². The van der Waals surface area contributed by atoms with Crippen molar-refractivity contribution in [2.45, 2.75) is 25.7 Å². The van der Waals surface area contributed by atoms with Crippen LogP contribution in [-0.2, 0) is 19.6 Å². The summed E-state index contributed by atoms with van der Waals surface area (Å²) in [6.07, 6.45) is 0. The predicted octanol–water partition coefficient (Wildman–Crippen LogP) is 1.73. The molecule has 0 unspecified atom stereocenters. The molecule has 0 aliphatic heterocycles. The van der Waals surface area contributed by atoms with E-state index in [0.717, 1.165) is 4.31 Å². The van der Waals surface area contributed by atoms with Gasteiger partial charge in [0.25, 0.3) is 0 Å². The van der Waals surface area contributed by atoms with Crippen molar-refractivity contribution in [3.63, 3.8) is 0 Å². The Morgan fingerprint density at radius 3 is 2.37 bits per heavy atom. The summed E-state index contributed by atoms with van der Waals surface area (Å²) in [5, 5.41) is 6.21. The highest BCUT2D eigenvalue weighted by Crippen LogP contribution is 2.22. The lowest BCUT2D eigenvalue weighted by atomic mass is 10.2. The van der Waals surface area contributed by atoms with Crippen LogP contribution in [-0.4, -0.2) is 50.0 Å². The number of nitrogens with zero attached hydrogens (tertiary/aromatic N) is 2. The van der Waals surface area contributed by atoms with Gasteiger partial charge in [0, 0.05) is 12.7 Å². The van der Waals surface area contributed by atoms with E-state index in [4.69, 9.17) is 9.26 Å². The summed E-state index contributed by atoms with van der Waals surface area (Å²) in [4.78, 5) is 23.7. The van der Waals surface area contributed by atoms with Crippen LogP contribution >= 0.6 is 0 Å². The third kappa shape index (κ3) is 4.72. The maximum Gasteiger partial charge on any atom is 0.338 e. The van der Waals surface area contributed by atoms with Gasteiger partial charge >= 0.3 is 5.97 Å². The van der Waals surface area contributed by atoms with Gasteiger partial charge in [0.15, 0.2) is 5.76 Å². The number of rotatable bonds is 7. The SMILES string of the molecule is CCOC(=O)c1ccc(NC(=O)CN(C)S(=O)(=O)c2c(C)noc2C)cc1. The second-order valence-corrected chi connectivity index (χ2v) is 7.74. The first kappa shape index (κ1) is 20.6. The highest BCUT2D eigenvalue weighted by Gasteiger charge is 2.29. The summed E-state index contributed by atoms with van der Waals surface area (Å²) < 4.78 is 35.9. The Kier molecular flexibility index (Phi) is 6.34. The molecule has 1 heterocycles. The quantitative estimate of drug-likeness (QED) is 0.709. The molecule has 0 fully saturated rings. The van der Waals surface area contributed by atoms with E-state index in [2.05, 4.69) is 10.5 Å². The highest BCUT2D eigenvalue weighted by atomic mass is 32.2. The summed E-state index contributed by atoms with van der Waals surface area (Å²) in [5.41, 5.74) is 1.01. The summed E-state index contributed by atoms with van der Waals surface area (Å²) in [7, 11) is -2.62. The maximum absolute atomic E-state index is 12.6. The molecular weight excluding hydrogens is 374 g/mol. The lowest BCUT2D eigenvalue weighted by Crippen LogP contribution is -2.35. The van der Waals surface area contributed by atoms with Crippen LogP contribution in [0.2, 0.25) is 0 Å². The molecule has 0 saturated heterocycles. The number of carbonyl (C=O) groups is 2. The van der Waals surface area contributed by atoms with E-state index in [9.17, 15) is 18.0 Å². The molecule has 1 aromatic carbocycles. The van der Waals surface area contributed by atoms with E-state index in [0.29, 0.717) is 11.3 Å². The third-order valence-corrected chi connectivity index (χ3v) is 5.73. The first-order valence-corrected chi connectivity index (χ1v) is 9.57. The molecule has 2 aromatic rings. The number of nitrogens with one attached hydrogen (secondary N) is 1. The number of anilines is 1. The third-order valence-electron chi connectivity index (χ3n) is 3.68. The van der Waals surface area contributed by atoms with Crippen LogP contribution in [0.4, 0.5) is 5.69 Å². The fourth-order valence-electron chi connectivity index (χ4n) is 2.39. The van der Waals surface area contributed by atoms with Gasteiger partial charge < -0.3 is 14.6 Å². The number of aromatic nitrogens is 1. The predicted molar refractivity (Wildman–Crippen MR) is 96.8 cm³/mol. The molecular formula is C17H21N3O6S. The van der Waals surface area contributed by atoms with Crippen LogP contribution in [0.25, 0.3) is 0 Å². The minimum Gasteiger partial charge on any atom is -0.462 e. The summed E-state index contributed by atoms with van der Waals surface area (Å²) in [6.45, 7) is 4.59. The molecule has 146 valence electrons. The molecule has 1 amide bonds. The van der Waals surface area contributed by atoms with E-state index in [1.165, 1.54) is 45.2 Å². The molecule has 0 saturated carbocycles. The number of sulfonamides is 1. The largest absolute Gasteiger partial charge is 0.462 e. The monoisotopic (exact) mass is 395 g/mol. The van der Waals surface area contributed by atoms with E-state index in [1.807, 2.05) is 0 Å². The Labute approximate surface area is 157 Å². The second kappa shape index (κ2) is 8.31. The van der Waals surface area contributed by atoms with Gasteiger partial charge in [-0.25, -0.2) is 13.2 Å². The molecule has 0 bridgehead atoms. The lowest BCUT2D eigenvalue weighted by Gasteiger charge is -2.16. The molecule has 27 heavy (non-hydrogen) atoms. The Morgan fingerprint density at radius 1 is 1.22 bits per heavy atom. The number of carbonyl (C=O) groups excluding carboxylic acids is 2. The average molecular weight is 395 g/mol. The Bertz CT molecular complexity index is 915. The zero-order valence-corrected chi connectivity index (χ0v) is 16.3. The number of hydrogen-bond donors (Lipinski definition) is 1.